The van der Waals surface area contributed by atoms with Gasteiger partial charge in [0.05, 0.1) is 12.2 Å². The minimum Gasteiger partial charge on any atom is -0.493 e. The van der Waals surface area contributed by atoms with Crippen molar-refractivity contribution in [3.63, 3.8) is 0 Å². The van der Waals surface area contributed by atoms with Gasteiger partial charge in [-0.1, -0.05) is 37.3 Å². The van der Waals surface area contributed by atoms with Gasteiger partial charge in [-0.2, -0.15) is 0 Å². The number of carbonyl (C=O) groups excluding carboxylic acids is 1. The number of hydrogen-bond acceptors (Lipinski definition) is 3. The summed E-state index contributed by atoms with van der Waals surface area (Å²) in [7, 11) is 0. The molecule has 0 spiro atoms. The first kappa shape index (κ1) is 16.8. The van der Waals surface area contributed by atoms with E-state index >= 15 is 0 Å². The van der Waals surface area contributed by atoms with E-state index in [-0.39, 0.29) is 5.91 Å². The van der Waals surface area contributed by atoms with Crippen molar-refractivity contribution in [2.45, 2.75) is 13.3 Å². The Bertz CT molecular complexity index is 662. The van der Waals surface area contributed by atoms with Gasteiger partial charge in [0.25, 0.3) is 5.91 Å². The van der Waals surface area contributed by atoms with Gasteiger partial charge >= 0.3 is 0 Å². The molecule has 0 aliphatic carbocycles. The summed E-state index contributed by atoms with van der Waals surface area (Å²) in [5.74, 6) is 0.240. The van der Waals surface area contributed by atoms with Crippen LogP contribution in [0.5, 0.6) is 5.75 Å². The number of nitrogens with one attached hydrogen (secondary N) is 3. The summed E-state index contributed by atoms with van der Waals surface area (Å²) in [6, 6.07) is 16.5. The summed E-state index contributed by atoms with van der Waals surface area (Å²) in [5.41, 5.74) is 6.53. The highest BCUT2D eigenvalue weighted by Gasteiger charge is 2.12. The van der Waals surface area contributed by atoms with Crippen molar-refractivity contribution in [2.24, 2.45) is 0 Å². The molecular weight excluding hydrogens is 310 g/mol. The first-order valence-electron chi connectivity index (χ1n) is 7.35. The summed E-state index contributed by atoms with van der Waals surface area (Å²) < 4.78 is 5.57. The highest BCUT2D eigenvalue weighted by atomic mass is 32.1. The Kier molecular flexibility index (Phi) is 6.38. The number of hydrogen-bond donors (Lipinski definition) is 3. The molecule has 6 heteroatoms. The van der Waals surface area contributed by atoms with Crippen LogP contribution in [0.15, 0.2) is 54.6 Å². The van der Waals surface area contributed by atoms with Crippen LogP contribution in [0, 0.1) is 0 Å². The molecule has 0 aliphatic rings. The quantitative estimate of drug-likeness (QED) is 0.581. The lowest BCUT2D eigenvalue weighted by atomic mass is 10.2. The number of ether oxygens (including phenoxy) is 1. The highest BCUT2D eigenvalue weighted by Crippen LogP contribution is 2.17. The van der Waals surface area contributed by atoms with Crippen molar-refractivity contribution in [3.8, 4) is 5.75 Å². The van der Waals surface area contributed by atoms with E-state index < -0.39 is 0 Å². The Labute approximate surface area is 141 Å². The molecule has 0 heterocycles. The third-order valence-electron chi connectivity index (χ3n) is 2.91. The molecule has 120 valence electrons. The van der Waals surface area contributed by atoms with Gasteiger partial charge in [-0.25, -0.2) is 0 Å². The maximum atomic E-state index is 12.2. The Balaban J connectivity index is 1.90. The van der Waals surface area contributed by atoms with E-state index in [0.29, 0.717) is 23.0 Å². The zero-order valence-electron chi connectivity index (χ0n) is 12.8. The van der Waals surface area contributed by atoms with Crippen molar-refractivity contribution < 1.29 is 9.53 Å². The molecule has 0 aromatic heterocycles. The normalized spacial score (nSPS) is 9.78. The van der Waals surface area contributed by atoms with Crippen molar-refractivity contribution in [1.29, 1.82) is 0 Å². The second-order valence-corrected chi connectivity index (χ2v) is 5.15. The van der Waals surface area contributed by atoms with Gasteiger partial charge in [-0.3, -0.25) is 15.6 Å². The number of rotatable bonds is 5. The van der Waals surface area contributed by atoms with Crippen LogP contribution in [0.3, 0.4) is 0 Å². The van der Waals surface area contributed by atoms with E-state index in [9.17, 15) is 4.79 Å². The van der Waals surface area contributed by atoms with E-state index in [4.69, 9.17) is 17.0 Å². The number of benzene rings is 2. The van der Waals surface area contributed by atoms with E-state index in [0.717, 1.165) is 12.1 Å². The highest BCUT2D eigenvalue weighted by molar-refractivity contribution is 7.80. The number of hydrazine groups is 1. The zero-order chi connectivity index (χ0) is 16.5. The van der Waals surface area contributed by atoms with E-state index in [2.05, 4.69) is 16.2 Å². The standard InChI is InChI=1S/C17H19N3O2S/c1-2-12-22-15-11-7-6-10-14(15)16(21)19-20-17(23)18-13-8-4-3-5-9-13/h3-11H,2,12H2,1H3,(H,19,21)(H2,18,20,23). The van der Waals surface area contributed by atoms with Crippen molar-refractivity contribution in [3.05, 3.63) is 60.2 Å². The molecular formula is C17H19N3O2S. The molecule has 0 radical (unpaired) electrons. The topological polar surface area (TPSA) is 62.4 Å². The fourth-order valence-electron chi connectivity index (χ4n) is 1.86. The lowest BCUT2D eigenvalue weighted by molar-refractivity contribution is 0.0940. The van der Waals surface area contributed by atoms with E-state index in [1.807, 2.05) is 43.3 Å². The van der Waals surface area contributed by atoms with Crippen LogP contribution in [-0.2, 0) is 0 Å². The second kappa shape index (κ2) is 8.75. The Morgan fingerprint density at radius 1 is 1.04 bits per heavy atom. The second-order valence-electron chi connectivity index (χ2n) is 4.74. The number of para-hydroxylation sites is 2. The predicted molar refractivity (Wildman–Crippen MR) is 95.5 cm³/mol. The molecule has 2 rings (SSSR count). The van der Waals surface area contributed by atoms with Crippen LogP contribution >= 0.6 is 12.2 Å². The van der Waals surface area contributed by atoms with E-state index in [1.165, 1.54) is 0 Å². The molecule has 0 saturated heterocycles. The number of carbonyl (C=O) groups is 1. The zero-order valence-corrected chi connectivity index (χ0v) is 13.7. The summed E-state index contributed by atoms with van der Waals surface area (Å²) in [5, 5.41) is 3.27. The van der Waals surface area contributed by atoms with Crippen LogP contribution in [0.25, 0.3) is 0 Å². The maximum Gasteiger partial charge on any atom is 0.273 e. The van der Waals surface area contributed by atoms with Crippen LogP contribution in [-0.4, -0.2) is 17.6 Å². The van der Waals surface area contributed by atoms with Crippen molar-refractivity contribution >= 4 is 28.9 Å². The fourth-order valence-corrected chi connectivity index (χ4v) is 2.03. The Morgan fingerprint density at radius 3 is 2.48 bits per heavy atom. The Hall–Kier alpha value is -2.60. The summed E-state index contributed by atoms with van der Waals surface area (Å²) in [4.78, 5) is 12.2. The van der Waals surface area contributed by atoms with Gasteiger partial charge in [0.2, 0.25) is 0 Å². The van der Waals surface area contributed by atoms with Gasteiger partial charge in [-0.15, -0.1) is 0 Å². The van der Waals surface area contributed by atoms with Crippen molar-refractivity contribution in [2.75, 3.05) is 11.9 Å². The molecule has 5 nitrogen and oxygen atoms in total. The molecule has 0 fully saturated rings. The molecule has 23 heavy (non-hydrogen) atoms. The Morgan fingerprint density at radius 2 is 1.74 bits per heavy atom. The smallest absolute Gasteiger partial charge is 0.273 e. The monoisotopic (exact) mass is 329 g/mol. The lowest BCUT2D eigenvalue weighted by Crippen LogP contribution is -2.43. The molecule has 2 aromatic carbocycles. The van der Waals surface area contributed by atoms with Crippen LogP contribution in [0.1, 0.15) is 23.7 Å². The molecule has 2 aromatic rings. The van der Waals surface area contributed by atoms with Gasteiger partial charge in [0, 0.05) is 5.69 Å². The third kappa shape index (κ3) is 5.27. The lowest BCUT2D eigenvalue weighted by Gasteiger charge is -2.13. The predicted octanol–water partition coefficient (Wildman–Crippen LogP) is 3.11. The first-order valence-corrected chi connectivity index (χ1v) is 7.75. The van der Waals surface area contributed by atoms with Gasteiger partial charge in [0.15, 0.2) is 5.11 Å². The fraction of sp³-hybridized carbons (Fsp3) is 0.176. The van der Waals surface area contributed by atoms with E-state index in [1.54, 1.807) is 18.2 Å². The van der Waals surface area contributed by atoms with Gasteiger partial charge in [0.1, 0.15) is 5.75 Å². The van der Waals surface area contributed by atoms with Crippen molar-refractivity contribution in [1.82, 2.24) is 10.9 Å². The molecule has 0 saturated carbocycles. The SMILES string of the molecule is CCCOc1ccccc1C(=O)NNC(=S)Nc1ccccc1. The molecule has 0 unspecified atom stereocenters. The number of amides is 1. The molecule has 0 bridgehead atoms. The minimum absolute atomic E-state index is 0.302. The number of thiocarbonyl (C=S) groups is 1. The molecule has 0 aliphatic heterocycles. The minimum atomic E-state index is -0.311. The largest absolute Gasteiger partial charge is 0.493 e. The van der Waals surface area contributed by atoms with Gasteiger partial charge in [-0.05, 0) is 42.9 Å². The van der Waals surface area contributed by atoms with Gasteiger partial charge < -0.3 is 10.1 Å². The summed E-state index contributed by atoms with van der Waals surface area (Å²) >= 11 is 5.14. The molecule has 0 atom stereocenters. The average Bonchev–Trinajstić information content (AvgIpc) is 2.59. The summed E-state index contributed by atoms with van der Waals surface area (Å²) in [6.07, 6.45) is 0.874. The first-order chi connectivity index (χ1) is 11.2. The average molecular weight is 329 g/mol. The maximum absolute atomic E-state index is 12.2. The van der Waals surface area contributed by atoms with Crippen LogP contribution < -0.4 is 20.9 Å². The van der Waals surface area contributed by atoms with Crippen LogP contribution in [0.2, 0.25) is 0 Å². The molecule has 3 N–H and O–H groups in total. The third-order valence-corrected chi connectivity index (χ3v) is 3.12. The van der Waals surface area contributed by atoms with Crippen LogP contribution in [0.4, 0.5) is 5.69 Å². The number of anilines is 1. The molecule has 1 amide bonds. The summed E-state index contributed by atoms with van der Waals surface area (Å²) in [6.45, 7) is 2.57.